The molecule has 138 valence electrons. The molecule has 0 spiro atoms. The summed E-state index contributed by atoms with van der Waals surface area (Å²) in [6, 6.07) is 10.4. The molecule has 1 heterocycles. The lowest BCUT2D eigenvalue weighted by Crippen LogP contribution is -2.32. The molecule has 1 aromatic heterocycles. The van der Waals surface area contributed by atoms with Crippen LogP contribution in [0.25, 0.3) is 0 Å². The van der Waals surface area contributed by atoms with Crippen molar-refractivity contribution in [3.8, 4) is 0 Å². The van der Waals surface area contributed by atoms with Crippen molar-refractivity contribution in [2.45, 2.75) is 26.7 Å². The highest BCUT2D eigenvalue weighted by Crippen LogP contribution is 2.17. The second-order valence-corrected chi connectivity index (χ2v) is 5.92. The summed E-state index contributed by atoms with van der Waals surface area (Å²) >= 11 is 0. The first-order chi connectivity index (χ1) is 12.6. The Morgan fingerprint density at radius 2 is 1.69 bits per heavy atom. The third-order valence-electron chi connectivity index (χ3n) is 3.86. The molecule has 0 aliphatic heterocycles. The maximum absolute atomic E-state index is 12.7. The van der Waals surface area contributed by atoms with Gasteiger partial charge in [0.25, 0.3) is 5.91 Å². The van der Waals surface area contributed by atoms with Crippen LogP contribution in [0, 0.1) is 0 Å². The summed E-state index contributed by atoms with van der Waals surface area (Å²) in [6.45, 7) is 5.61. The zero-order valence-electron chi connectivity index (χ0n) is 15.5. The minimum absolute atomic E-state index is 0.0141. The van der Waals surface area contributed by atoms with Crippen LogP contribution in [-0.2, 0) is 4.74 Å². The lowest BCUT2D eigenvalue weighted by molar-refractivity contribution is 0.0600. The van der Waals surface area contributed by atoms with Crippen molar-refractivity contribution in [1.82, 2.24) is 9.88 Å². The van der Waals surface area contributed by atoms with Gasteiger partial charge in [0, 0.05) is 30.5 Å². The molecule has 0 saturated carbocycles. The molecule has 0 aliphatic rings. The molecule has 0 fully saturated rings. The Balaban J connectivity index is 2.13. The molecular formula is C20H25N3O3. The number of carbonyl (C=O) groups is 2. The highest BCUT2D eigenvalue weighted by atomic mass is 16.5. The van der Waals surface area contributed by atoms with Crippen molar-refractivity contribution in [3.63, 3.8) is 0 Å². The second-order valence-electron chi connectivity index (χ2n) is 5.92. The average molecular weight is 355 g/mol. The van der Waals surface area contributed by atoms with Gasteiger partial charge in [-0.25, -0.2) is 9.78 Å². The monoisotopic (exact) mass is 355 g/mol. The molecule has 0 radical (unpaired) electrons. The van der Waals surface area contributed by atoms with Crippen molar-refractivity contribution in [3.05, 3.63) is 53.7 Å². The summed E-state index contributed by atoms with van der Waals surface area (Å²) < 4.78 is 4.68. The van der Waals surface area contributed by atoms with Crippen molar-refractivity contribution < 1.29 is 14.3 Å². The van der Waals surface area contributed by atoms with Gasteiger partial charge >= 0.3 is 5.97 Å². The number of anilines is 2. The van der Waals surface area contributed by atoms with E-state index in [0.29, 0.717) is 16.9 Å². The Morgan fingerprint density at radius 1 is 1.04 bits per heavy atom. The highest BCUT2D eigenvalue weighted by Gasteiger charge is 2.15. The average Bonchev–Trinajstić information content (AvgIpc) is 2.67. The van der Waals surface area contributed by atoms with Gasteiger partial charge in [0.15, 0.2) is 0 Å². The van der Waals surface area contributed by atoms with Gasteiger partial charge in [-0.15, -0.1) is 0 Å². The van der Waals surface area contributed by atoms with E-state index < -0.39 is 0 Å². The van der Waals surface area contributed by atoms with E-state index in [1.807, 2.05) is 4.90 Å². The molecule has 26 heavy (non-hydrogen) atoms. The van der Waals surface area contributed by atoms with Crippen LogP contribution in [-0.4, -0.2) is 42.0 Å². The number of aromatic nitrogens is 1. The van der Waals surface area contributed by atoms with E-state index in [9.17, 15) is 9.59 Å². The van der Waals surface area contributed by atoms with Crippen LogP contribution in [0.2, 0.25) is 0 Å². The van der Waals surface area contributed by atoms with E-state index in [1.54, 1.807) is 42.6 Å². The first-order valence-corrected chi connectivity index (χ1v) is 8.79. The molecule has 6 heteroatoms. The number of hydrogen-bond donors (Lipinski definition) is 1. The highest BCUT2D eigenvalue weighted by molar-refractivity contribution is 5.95. The zero-order chi connectivity index (χ0) is 18.9. The van der Waals surface area contributed by atoms with Crippen LogP contribution in [0.4, 0.5) is 11.5 Å². The maximum Gasteiger partial charge on any atom is 0.337 e. The zero-order valence-corrected chi connectivity index (χ0v) is 15.5. The minimum Gasteiger partial charge on any atom is -0.465 e. The van der Waals surface area contributed by atoms with Crippen LogP contribution in [0.3, 0.4) is 0 Å². The molecular weight excluding hydrogens is 330 g/mol. The summed E-state index contributed by atoms with van der Waals surface area (Å²) in [4.78, 5) is 30.3. The molecule has 1 N–H and O–H groups in total. The molecule has 0 saturated heterocycles. The SMILES string of the molecule is CCCN(CCC)C(=O)c1ccnc(Nc2ccc(C(=O)OC)cc2)c1. The number of rotatable bonds is 8. The van der Waals surface area contributed by atoms with Gasteiger partial charge in [-0.3, -0.25) is 4.79 Å². The predicted molar refractivity (Wildman–Crippen MR) is 102 cm³/mol. The number of pyridine rings is 1. The molecule has 2 aromatic rings. The van der Waals surface area contributed by atoms with Crippen LogP contribution in [0.15, 0.2) is 42.6 Å². The van der Waals surface area contributed by atoms with Gasteiger partial charge in [0.2, 0.25) is 0 Å². The molecule has 1 amide bonds. The molecule has 2 rings (SSSR count). The minimum atomic E-state index is -0.380. The van der Waals surface area contributed by atoms with Crippen molar-refractivity contribution in [2.24, 2.45) is 0 Å². The Hall–Kier alpha value is -2.89. The number of methoxy groups -OCH3 is 1. The van der Waals surface area contributed by atoms with Crippen molar-refractivity contribution >= 4 is 23.4 Å². The van der Waals surface area contributed by atoms with Crippen LogP contribution >= 0.6 is 0 Å². The number of ether oxygens (including phenoxy) is 1. The normalized spacial score (nSPS) is 10.3. The standard InChI is InChI=1S/C20H25N3O3/c1-4-12-23(13-5-2)19(24)16-10-11-21-18(14-16)22-17-8-6-15(7-9-17)20(25)26-3/h6-11,14H,4-5,12-13H2,1-3H3,(H,21,22). The fraction of sp³-hybridized carbons (Fsp3) is 0.350. The predicted octanol–water partition coefficient (Wildman–Crippen LogP) is 3.87. The number of amides is 1. The number of esters is 1. The molecule has 1 aromatic carbocycles. The molecule has 0 bridgehead atoms. The quantitative estimate of drug-likeness (QED) is 0.728. The summed E-state index contributed by atoms with van der Waals surface area (Å²) in [5, 5.41) is 3.15. The summed E-state index contributed by atoms with van der Waals surface area (Å²) in [5.74, 6) is 0.212. The number of benzene rings is 1. The lowest BCUT2D eigenvalue weighted by Gasteiger charge is -2.21. The molecule has 0 unspecified atom stereocenters. The second kappa shape index (κ2) is 9.56. The number of nitrogens with one attached hydrogen (secondary N) is 1. The Labute approximate surface area is 154 Å². The van der Waals surface area contributed by atoms with Crippen LogP contribution < -0.4 is 5.32 Å². The summed E-state index contributed by atoms with van der Waals surface area (Å²) in [7, 11) is 1.35. The third-order valence-corrected chi connectivity index (χ3v) is 3.86. The largest absolute Gasteiger partial charge is 0.465 e. The van der Waals surface area contributed by atoms with E-state index in [1.165, 1.54) is 7.11 Å². The Morgan fingerprint density at radius 3 is 2.27 bits per heavy atom. The number of carbonyl (C=O) groups excluding carboxylic acids is 2. The number of nitrogens with zero attached hydrogens (tertiary/aromatic N) is 2. The molecule has 0 aliphatic carbocycles. The van der Waals surface area contributed by atoms with E-state index in [2.05, 4.69) is 28.9 Å². The third kappa shape index (κ3) is 5.05. The van der Waals surface area contributed by atoms with Gasteiger partial charge in [0.1, 0.15) is 5.82 Å². The fourth-order valence-electron chi connectivity index (χ4n) is 2.62. The van der Waals surface area contributed by atoms with E-state index in [-0.39, 0.29) is 11.9 Å². The van der Waals surface area contributed by atoms with E-state index in [4.69, 9.17) is 0 Å². The summed E-state index contributed by atoms with van der Waals surface area (Å²) in [6.07, 6.45) is 3.47. The smallest absolute Gasteiger partial charge is 0.337 e. The van der Waals surface area contributed by atoms with E-state index in [0.717, 1.165) is 31.6 Å². The first kappa shape index (κ1) is 19.4. The summed E-state index contributed by atoms with van der Waals surface area (Å²) in [5.41, 5.74) is 1.86. The maximum atomic E-state index is 12.7. The van der Waals surface area contributed by atoms with Gasteiger partial charge in [-0.05, 0) is 49.2 Å². The molecule has 6 nitrogen and oxygen atoms in total. The first-order valence-electron chi connectivity index (χ1n) is 8.79. The Kier molecular flexibility index (Phi) is 7.14. The van der Waals surface area contributed by atoms with Gasteiger partial charge in [0.05, 0.1) is 12.7 Å². The van der Waals surface area contributed by atoms with E-state index >= 15 is 0 Å². The van der Waals surface area contributed by atoms with Gasteiger partial charge < -0.3 is 15.0 Å². The number of hydrogen-bond acceptors (Lipinski definition) is 5. The topological polar surface area (TPSA) is 71.5 Å². The van der Waals surface area contributed by atoms with Crippen LogP contribution in [0.1, 0.15) is 47.4 Å². The van der Waals surface area contributed by atoms with Gasteiger partial charge in [-0.2, -0.15) is 0 Å². The Bertz CT molecular complexity index is 738. The lowest BCUT2D eigenvalue weighted by atomic mass is 10.2. The van der Waals surface area contributed by atoms with Crippen molar-refractivity contribution in [2.75, 3.05) is 25.5 Å². The fourth-order valence-corrected chi connectivity index (χ4v) is 2.62. The van der Waals surface area contributed by atoms with Crippen molar-refractivity contribution in [1.29, 1.82) is 0 Å². The molecule has 0 atom stereocenters. The van der Waals surface area contributed by atoms with Crippen LogP contribution in [0.5, 0.6) is 0 Å². The van der Waals surface area contributed by atoms with Gasteiger partial charge in [-0.1, -0.05) is 13.8 Å².